The number of piperidine rings is 1. The summed E-state index contributed by atoms with van der Waals surface area (Å²) < 4.78 is 2.31. The molecule has 3 heterocycles. The molecule has 0 N–H and O–H groups in total. The molecular formula is C28H37N5O. The number of carbonyl (C=O) groups excluding carboxylic acids is 1. The first-order chi connectivity index (χ1) is 16.5. The summed E-state index contributed by atoms with van der Waals surface area (Å²) in [4.78, 5) is 25.4. The first-order valence-electron chi connectivity index (χ1n) is 12.8. The summed E-state index contributed by atoms with van der Waals surface area (Å²) in [7, 11) is 0. The molecule has 34 heavy (non-hydrogen) atoms. The lowest BCUT2D eigenvalue weighted by atomic mass is 9.96. The lowest BCUT2D eigenvalue weighted by Gasteiger charge is -2.40. The van der Waals surface area contributed by atoms with E-state index in [9.17, 15) is 4.79 Å². The third-order valence-corrected chi connectivity index (χ3v) is 7.62. The molecule has 0 spiro atoms. The third kappa shape index (κ3) is 4.43. The number of carbonyl (C=O) groups is 1. The second-order valence-corrected chi connectivity index (χ2v) is 9.89. The number of piperazine rings is 1. The highest BCUT2D eigenvalue weighted by atomic mass is 16.2. The Balaban J connectivity index is 1.21. The highest BCUT2D eigenvalue weighted by Gasteiger charge is 2.32. The van der Waals surface area contributed by atoms with Crippen LogP contribution in [0.3, 0.4) is 0 Å². The highest BCUT2D eigenvalue weighted by Crippen LogP contribution is 2.27. The maximum Gasteiger partial charge on any atom is 0.227 e. The minimum atomic E-state index is 0.0972. The van der Waals surface area contributed by atoms with Gasteiger partial charge in [0.05, 0.1) is 23.5 Å². The molecule has 2 aliphatic rings. The number of nitrogens with zero attached hydrogens (tertiary/aromatic N) is 5. The van der Waals surface area contributed by atoms with Crippen molar-refractivity contribution in [3.63, 3.8) is 0 Å². The number of para-hydroxylation sites is 3. The number of fused-ring (bicyclic) bond motifs is 1. The van der Waals surface area contributed by atoms with Crippen LogP contribution in [0, 0.1) is 19.8 Å². The molecule has 0 aliphatic carbocycles. The molecule has 6 nitrogen and oxygen atoms in total. The molecule has 180 valence electrons. The Morgan fingerprint density at radius 3 is 2.44 bits per heavy atom. The Hall–Kier alpha value is -2.86. The number of hydrogen-bond acceptors (Lipinski definition) is 4. The van der Waals surface area contributed by atoms with Crippen LogP contribution in [0.15, 0.2) is 42.5 Å². The number of benzene rings is 2. The number of aromatic nitrogens is 2. The van der Waals surface area contributed by atoms with Gasteiger partial charge in [0.25, 0.3) is 0 Å². The van der Waals surface area contributed by atoms with E-state index < -0.39 is 0 Å². The maximum atomic E-state index is 13.5. The standard InChI is InChI=1S/C28H37N5O/c1-4-33-25-13-6-5-12-24(25)29-26(33)20-30-14-8-11-23(19-30)28(34)32-17-15-31(16-18-32)27-21(2)9-7-10-22(27)3/h5-7,9-10,12-13,23H,4,8,11,14-20H2,1-3H3/t23-/m1/s1. The monoisotopic (exact) mass is 459 g/mol. The van der Waals surface area contributed by atoms with Gasteiger partial charge in [-0.3, -0.25) is 9.69 Å². The fraction of sp³-hybridized carbons (Fsp3) is 0.500. The first kappa shape index (κ1) is 22.9. The molecular weight excluding hydrogens is 422 g/mol. The van der Waals surface area contributed by atoms with Crippen molar-refractivity contribution >= 4 is 22.6 Å². The molecule has 5 rings (SSSR count). The van der Waals surface area contributed by atoms with Crippen LogP contribution in [0.1, 0.15) is 36.7 Å². The number of aryl methyl sites for hydroxylation is 3. The fourth-order valence-corrected chi connectivity index (χ4v) is 5.91. The molecule has 3 aromatic rings. The van der Waals surface area contributed by atoms with E-state index >= 15 is 0 Å². The number of rotatable bonds is 5. The quantitative estimate of drug-likeness (QED) is 0.573. The van der Waals surface area contributed by atoms with Gasteiger partial charge in [0.1, 0.15) is 5.82 Å². The van der Waals surface area contributed by atoms with E-state index in [1.54, 1.807) is 0 Å². The van der Waals surface area contributed by atoms with Crippen LogP contribution in [0.25, 0.3) is 11.0 Å². The Kier molecular flexibility index (Phi) is 6.59. The van der Waals surface area contributed by atoms with Gasteiger partial charge in [0, 0.05) is 45.0 Å². The molecule has 2 saturated heterocycles. The van der Waals surface area contributed by atoms with Crippen LogP contribution in [-0.4, -0.2) is 64.5 Å². The summed E-state index contributed by atoms with van der Waals surface area (Å²) in [6.07, 6.45) is 2.07. The van der Waals surface area contributed by atoms with Crippen LogP contribution in [0.4, 0.5) is 5.69 Å². The van der Waals surface area contributed by atoms with Crippen LogP contribution >= 0.6 is 0 Å². The summed E-state index contributed by atoms with van der Waals surface area (Å²) in [5.74, 6) is 1.55. The number of anilines is 1. The van der Waals surface area contributed by atoms with Crippen LogP contribution in [0.5, 0.6) is 0 Å². The Bertz CT molecular complexity index is 1140. The number of imidazole rings is 1. The van der Waals surface area contributed by atoms with Gasteiger partial charge < -0.3 is 14.4 Å². The van der Waals surface area contributed by atoms with E-state index in [0.717, 1.165) is 76.5 Å². The van der Waals surface area contributed by atoms with Gasteiger partial charge >= 0.3 is 0 Å². The van der Waals surface area contributed by atoms with E-state index in [2.05, 4.69) is 82.5 Å². The molecule has 1 atom stereocenters. The van der Waals surface area contributed by atoms with Crippen LogP contribution < -0.4 is 4.90 Å². The van der Waals surface area contributed by atoms with Crippen molar-refractivity contribution in [1.82, 2.24) is 19.4 Å². The van der Waals surface area contributed by atoms with Crippen molar-refractivity contribution in [3.8, 4) is 0 Å². The SMILES string of the molecule is CCn1c(CN2CCC[C@@H](C(=O)N3CCN(c4c(C)cccc4C)CC3)C2)nc2ccccc21. The molecule has 2 fully saturated rings. The normalized spacial score (nSPS) is 19.7. The van der Waals surface area contributed by atoms with Gasteiger partial charge in [-0.05, 0) is 63.4 Å². The average molecular weight is 460 g/mol. The predicted octanol–water partition coefficient (Wildman–Crippen LogP) is 4.23. The Morgan fingerprint density at radius 1 is 0.971 bits per heavy atom. The first-order valence-corrected chi connectivity index (χ1v) is 12.8. The topological polar surface area (TPSA) is 44.6 Å². The van der Waals surface area contributed by atoms with E-state index in [1.165, 1.54) is 22.3 Å². The molecule has 6 heteroatoms. The largest absolute Gasteiger partial charge is 0.368 e. The second kappa shape index (κ2) is 9.79. The zero-order valence-electron chi connectivity index (χ0n) is 20.8. The summed E-state index contributed by atoms with van der Waals surface area (Å²) >= 11 is 0. The maximum absolute atomic E-state index is 13.5. The molecule has 0 radical (unpaired) electrons. The molecule has 2 aromatic carbocycles. The highest BCUT2D eigenvalue weighted by molar-refractivity contribution is 5.79. The van der Waals surface area contributed by atoms with Gasteiger partial charge in [0.2, 0.25) is 5.91 Å². The molecule has 0 saturated carbocycles. The molecule has 1 amide bonds. The van der Waals surface area contributed by atoms with Crippen molar-refractivity contribution in [2.45, 2.75) is 46.7 Å². The minimum Gasteiger partial charge on any atom is -0.368 e. The van der Waals surface area contributed by atoms with Gasteiger partial charge in [-0.25, -0.2) is 4.98 Å². The van der Waals surface area contributed by atoms with Crippen LogP contribution in [0.2, 0.25) is 0 Å². The van der Waals surface area contributed by atoms with Gasteiger partial charge in [-0.15, -0.1) is 0 Å². The van der Waals surface area contributed by atoms with E-state index in [1.807, 2.05) is 0 Å². The van der Waals surface area contributed by atoms with Crippen molar-refractivity contribution in [2.75, 3.05) is 44.2 Å². The number of likely N-dealkylation sites (tertiary alicyclic amines) is 1. The Morgan fingerprint density at radius 2 is 1.71 bits per heavy atom. The average Bonchev–Trinajstić information content (AvgIpc) is 3.21. The zero-order chi connectivity index (χ0) is 23.7. The molecule has 0 bridgehead atoms. The molecule has 2 aliphatic heterocycles. The molecule has 0 unspecified atom stereocenters. The molecule has 1 aromatic heterocycles. The lowest BCUT2D eigenvalue weighted by Crippen LogP contribution is -2.52. The third-order valence-electron chi connectivity index (χ3n) is 7.62. The summed E-state index contributed by atoms with van der Waals surface area (Å²) in [6, 6.07) is 14.9. The Labute approximate surface area is 203 Å². The summed E-state index contributed by atoms with van der Waals surface area (Å²) in [6.45, 7) is 13.6. The fourth-order valence-electron chi connectivity index (χ4n) is 5.91. The van der Waals surface area contributed by atoms with E-state index in [4.69, 9.17) is 4.98 Å². The summed E-state index contributed by atoms with van der Waals surface area (Å²) in [5, 5.41) is 0. The number of amides is 1. The van der Waals surface area contributed by atoms with Gasteiger partial charge in [-0.2, -0.15) is 0 Å². The van der Waals surface area contributed by atoms with E-state index in [0.29, 0.717) is 5.91 Å². The minimum absolute atomic E-state index is 0.0972. The zero-order valence-corrected chi connectivity index (χ0v) is 20.8. The van der Waals surface area contributed by atoms with E-state index in [-0.39, 0.29) is 5.92 Å². The lowest BCUT2D eigenvalue weighted by molar-refractivity contribution is -0.137. The smallest absolute Gasteiger partial charge is 0.227 e. The van der Waals surface area contributed by atoms with Crippen LogP contribution in [-0.2, 0) is 17.9 Å². The van der Waals surface area contributed by atoms with Gasteiger partial charge in [0.15, 0.2) is 0 Å². The summed E-state index contributed by atoms with van der Waals surface area (Å²) in [5.41, 5.74) is 6.25. The van der Waals surface area contributed by atoms with Crippen molar-refractivity contribution < 1.29 is 4.79 Å². The predicted molar refractivity (Wildman–Crippen MR) is 138 cm³/mol. The van der Waals surface area contributed by atoms with Crippen molar-refractivity contribution in [1.29, 1.82) is 0 Å². The van der Waals surface area contributed by atoms with Gasteiger partial charge in [-0.1, -0.05) is 30.3 Å². The van der Waals surface area contributed by atoms with Crippen molar-refractivity contribution in [3.05, 3.63) is 59.4 Å². The number of hydrogen-bond donors (Lipinski definition) is 0. The van der Waals surface area contributed by atoms with Crippen molar-refractivity contribution in [2.24, 2.45) is 5.92 Å². The second-order valence-electron chi connectivity index (χ2n) is 9.89.